The summed E-state index contributed by atoms with van der Waals surface area (Å²) in [5, 5.41) is 4.31. The third-order valence-electron chi connectivity index (χ3n) is 5.17. The normalized spacial score (nSPS) is 17.7. The molecule has 1 saturated heterocycles. The minimum atomic E-state index is 0.489. The summed E-state index contributed by atoms with van der Waals surface area (Å²) < 4.78 is 7.47. The molecule has 0 saturated carbocycles. The van der Waals surface area contributed by atoms with Crippen molar-refractivity contribution in [3.05, 3.63) is 72.1 Å². The van der Waals surface area contributed by atoms with Gasteiger partial charge in [0.15, 0.2) is 0 Å². The average molecular weight is 363 g/mol. The van der Waals surface area contributed by atoms with Crippen LogP contribution >= 0.6 is 0 Å². The van der Waals surface area contributed by atoms with Crippen LogP contribution in [-0.2, 0) is 13.1 Å². The van der Waals surface area contributed by atoms with Crippen molar-refractivity contribution in [2.75, 3.05) is 20.2 Å². The number of aromatic nitrogens is 4. The number of piperidine rings is 1. The fourth-order valence-corrected chi connectivity index (χ4v) is 3.86. The highest BCUT2D eigenvalue weighted by molar-refractivity contribution is 5.37. The molecular formula is C21H25N5O. The predicted molar refractivity (Wildman–Crippen MR) is 104 cm³/mol. The standard InChI is InChI=1S/C21H25N5O/c1-27-21-6-5-17(12-19(21)15-26-11-3-8-24-26)13-25-10-2-4-18(14-25)20-7-9-22-16-23-20/h3,5-9,11-12,16,18H,2,4,10,13-15H2,1H3. The van der Waals surface area contributed by atoms with Crippen LogP contribution in [0.4, 0.5) is 0 Å². The van der Waals surface area contributed by atoms with E-state index in [1.807, 2.05) is 29.2 Å². The summed E-state index contributed by atoms with van der Waals surface area (Å²) >= 11 is 0. The number of ether oxygens (including phenoxy) is 1. The van der Waals surface area contributed by atoms with Gasteiger partial charge in [0.05, 0.1) is 13.7 Å². The van der Waals surface area contributed by atoms with E-state index >= 15 is 0 Å². The Bertz CT molecular complexity index is 850. The molecule has 27 heavy (non-hydrogen) atoms. The molecule has 6 heteroatoms. The second-order valence-electron chi connectivity index (χ2n) is 7.06. The van der Waals surface area contributed by atoms with Crippen LogP contribution < -0.4 is 4.74 Å². The highest BCUT2D eigenvalue weighted by Gasteiger charge is 2.22. The second-order valence-corrected chi connectivity index (χ2v) is 7.06. The van der Waals surface area contributed by atoms with E-state index in [9.17, 15) is 0 Å². The molecule has 1 atom stereocenters. The van der Waals surface area contributed by atoms with Gasteiger partial charge >= 0.3 is 0 Å². The van der Waals surface area contributed by atoms with Crippen molar-refractivity contribution in [3.8, 4) is 5.75 Å². The molecule has 0 aliphatic carbocycles. The highest BCUT2D eigenvalue weighted by Crippen LogP contribution is 2.27. The van der Waals surface area contributed by atoms with Crippen molar-refractivity contribution >= 4 is 0 Å². The lowest BCUT2D eigenvalue weighted by molar-refractivity contribution is 0.198. The van der Waals surface area contributed by atoms with Crippen LogP contribution in [0, 0.1) is 0 Å². The van der Waals surface area contributed by atoms with Crippen molar-refractivity contribution in [1.82, 2.24) is 24.6 Å². The lowest BCUT2D eigenvalue weighted by Crippen LogP contribution is -2.34. The molecule has 1 aliphatic heterocycles. The van der Waals surface area contributed by atoms with E-state index in [0.29, 0.717) is 12.5 Å². The fourth-order valence-electron chi connectivity index (χ4n) is 3.86. The smallest absolute Gasteiger partial charge is 0.123 e. The molecule has 1 aliphatic rings. The van der Waals surface area contributed by atoms with Crippen LogP contribution in [0.5, 0.6) is 5.75 Å². The summed E-state index contributed by atoms with van der Waals surface area (Å²) in [6.07, 6.45) is 9.66. The van der Waals surface area contributed by atoms with Gasteiger partial charge in [-0.05, 0) is 49.2 Å². The number of hydrogen-bond donors (Lipinski definition) is 0. The van der Waals surface area contributed by atoms with Crippen LogP contribution in [0.1, 0.15) is 35.6 Å². The Morgan fingerprint density at radius 2 is 2.15 bits per heavy atom. The van der Waals surface area contributed by atoms with E-state index in [1.54, 1.807) is 19.6 Å². The van der Waals surface area contributed by atoms with Crippen molar-refractivity contribution in [2.45, 2.75) is 31.8 Å². The number of likely N-dealkylation sites (tertiary alicyclic amines) is 1. The lowest BCUT2D eigenvalue weighted by Gasteiger charge is -2.32. The quantitative estimate of drug-likeness (QED) is 0.673. The molecular weight excluding hydrogens is 338 g/mol. The van der Waals surface area contributed by atoms with Gasteiger partial charge in [0.1, 0.15) is 12.1 Å². The number of hydrogen-bond acceptors (Lipinski definition) is 5. The second kappa shape index (κ2) is 8.31. The van der Waals surface area contributed by atoms with Gasteiger partial charge in [0, 0.05) is 48.9 Å². The fraction of sp³-hybridized carbons (Fsp3) is 0.381. The molecule has 140 valence electrons. The van der Waals surface area contributed by atoms with Gasteiger partial charge in [-0.25, -0.2) is 9.97 Å². The number of benzene rings is 1. The maximum absolute atomic E-state index is 5.55. The van der Waals surface area contributed by atoms with Crippen LogP contribution in [0.2, 0.25) is 0 Å². The molecule has 1 fully saturated rings. The van der Waals surface area contributed by atoms with E-state index < -0.39 is 0 Å². The predicted octanol–water partition coefficient (Wildman–Crippen LogP) is 3.11. The van der Waals surface area contributed by atoms with Crippen molar-refractivity contribution in [3.63, 3.8) is 0 Å². The molecule has 3 aromatic rings. The summed E-state index contributed by atoms with van der Waals surface area (Å²) in [4.78, 5) is 11.0. The van der Waals surface area contributed by atoms with E-state index in [2.05, 4.69) is 38.2 Å². The van der Waals surface area contributed by atoms with Crippen LogP contribution in [0.25, 0.3) is 0 Å². The zero-order valence-corrected chi connectivity index (χ0v) is 15.7. The molecule has 4 rings (SSSR count). The zero-order valence-electron chi connectivity index (χ0n) is 15.7. The minimum absolute atomic E-state index is 0.489. The molecule has 3 heterocycles. The Morgan fingerprint density at radius 3 is 2.93 bits per heavy atom. The largest absolute Gasteiger partial charge is 0.496 e. The van der Waals surface area contributed by atoms with Gasteiger partial charge in [0.2, 0.25) is 0 Å². The lowest BCUT2D eigenvalue weighted by atomic mass is 9.94. The highest BCUT2D eigenvalue weighted by atomic mass is 16.5. The summed E-state index contributed by atoms with van der Waals surface area (Å²) in [5.74, 6) is 1.40. The van der Waals surface area contributed by atoms with E-state index in [1.165, 1.54) is 18.4 Å². The zero-order chi connectivity index (χ0) is 18.5. The Kier molecular flexibility index (Phi) is 5.44. The van der Waals surface area contributed by atoms with Gasteiger partial charge in [-0.3, -0.25) is 9.58 Å². The Balaban J connectivity index is 1.47. The Morgan fingerprint density at radius 1 is 1.19 bits per heavy atom. The number of nitrogens with zero attached hydrogens (tertiary/aromatic N) is 5. The summed E-state index contributed by atoms with van der Waals surface area (Å²) in [7, 11) is 1.72. The third-order valence-corrected chi connectivity index (χ3v) is 5.17. The topological polar surface area (TPSA) is 56.1 Å². The molecule has 0 radical (unpaired) electrons. The summed E-state index contributed by atoms with van der Waals surface area (Å²) in [5.41, 5.74) is 3.62. The number of methoxy groups -OCH3 is 1. The van der Waals surface area contributed by atoms with Gasteiger partial charge in [0.25, 0.3) is 0 Å². The molecule has 2 aromatic heterocycles. The molecule has 0 spiro atoms. The minimum Gasteiger partial charge on any atom is -0.496 e. The van der Waals surface area contributed by atoms with Crippen LogP contribution in [-0.4, -0.2) is 44.8 Å². The first-order valence-corrected chi connectivity index (χ1v) is 9.43. The van der Waals surface area contributed by atoms with Crippen LogP contribution in [0.3, 0.4) is 0 Å². The average Bonchev–Trinajstić information content (AvgIpc) is 3.22. The monoisotopic (exact) mass is 363 g/mol. The number of rotatable bonds is 6. The van der Waals surface area contributed by atoms with E-state index in [4.69, 9.17) is 4.74 Å². The van der Waals surface area contributed by atoms with Crippen molar-refractivity contribution < 1.29 is 4.74 Å². The van der Waals surface area contributed by atoms with Gasteiger partial charge in [-0.15, -0.1) is 0 Å². The summed E-state index contributed by atoms with van der Waals surface area (Å²) in [6, 6.07) is 10.5. The molecule has 0 bridgehead atoms. The van der Waals surface area contributed by atoms with Gasteiger partial charge in [-0.2, -0.15) is 5.10 Å². The van der Waals surface area contributed by atoms with Gasteiger partial charge in [-0.1, -0.05) is 6.07 Å². The third kappa shape index (κ3) is 4.34. The van der Waals surface area contributed by atoms with E-state index in [-0.39, 0.29) is 0 Å². The molecule has 6 nitrogen and oxygen atoms in total. The molecule has 0 N–H and O–H groups in total. The maximum Gasteiger partial charge on any atom is 0.123 e. The van der Waals surface area contributed by atoms with E-state index in [0.717, 1.165) is 36.6 Å². The molecule has 1 unspecified atom stereocenters. The SMILES string of the molecule is COc1ccc(CN2CCCC(c3ccncn3)C2)cc1Cn1cccn1. The first-order chi connectivity index (χ1) is 13.3. The van der Waals surface area contributed by atoms with Crippen LogP contribution in [0.15, 0.2) is 55.2 Å². The summed E-state index contributed by atoms with van der Waals surface area (Å²) in [6.45, 7) is 3.82. The Labute approximate surface area is 159 Å². The first-order valence-electron chi connectivity index (χ1n) is 9.43. The molecule has 0 amide bonds. The maximum atomic E-state index is 5.55. The molecule has 1 aromatic carbocycles. The van der Waals surface area contributed by atoms with Crippen molar-refractivity contribution in [1.29, 1.82) is 0 Å². The van der Waals surface area contributed by atoms with Crippen molar-refractivity contribution in [2.24, 2.45) is 0 Å². The Hall–Kier alpha value is -2.73. The van der Waals surface area contributed by atoms with Gasteiger partial charge < -0.3 is 4.74 Å². The first kappa shape index (κ1) is 17.7.